The number of para-hydroxylation sites is 2. The van der Waals surface area contributed by atoms with Crippen LogP contribution in [0.15, 0.2) is 94.9 Å². The fraction of sp³-hybridized carbons (Fsp3) is 0.111. The summed E-state index contributed by atoms with van der Waals surface area (Å²) in [5.74, 6) is 1.83. The number of aromatic nitrogens is 4. The number of fused-ring (bicyclic) bond motifs is 1. The van der Waals surface area contributed by atoms with Gasteiger partial charge in [0.25, 0.3) is 5.56 Å². The second-order valence-electron chi connectivity index (χ2n) is 8.09. The van der Waals surface area contributed by atoms with Crippen molar-refractivity contribution in [3.8, 4) is 17.2 Å². The second-order valence-corrected chi connectivity index (χ2v) is 9.04. The average molecular weight is 498 g/mol. The summed E-state index contributed by atoms with van der Waals surface area (Å²) in [6.45, 7) is 1.86. The van der Waals surface area contributed by atoms with Crippen LogP contribution in [-0.2, 0) is 11.8 Å². The predicted molar refractivity (Wildman–Crippen MR) is 141 cm³/mol. The summed E-state index contributed by atoms with van der Waals surface area (Å²) in [6.07, 6.45) is 0. The van der Waals surface area contributed by atoms with Crippen LogP contribution in [-0.4, -0.2) is 31.0 Å². The molecule has 0 fully saturated rings. The Morgan fingerprint density at radius 2 is 1.67 bits per heavy atom. The van der Waals surface area contributed by atoms with Gasteiger partial charge in [0.2, 0.25) is 5.91 Å². The first kappa shape index (κ1) is 23.4. The zero-order valence-corrected chi connectivity index (χ0v) is 20.5. The molecule has 0 bridgehead atoms. The first-order valence-electron chi connectivity index (χ1n) is 11.3. The molecule has 1 N–H and O–H groups in total. The molecule has 180 valence electrons. The van der Waals surface area contributed by atoms with Gasteiger partial charge in [0.1, 0.15) is 17.3 Å². The van der Waals surface area contributed by atoms with Gasteiger partial charge in [-0.2, -0.15) is 5.10 Å². The summed E-state index contributed by atoms with van der Waals surface area (Å²) in [5.41, 5.74) is 1.81. The van der Waals surface area contributed by atoms with E-state index in [1.54, 1.807) is 54.2 Å². The van der Waals surface area contributed by atoms with E-state index in [4.69, 9.17) is 9.72 Å². The number of benzene rings is 3. The summed E-state index contributed by atoms with van der Waals surface area (Å²) in [7, 11) is 1.77. The molecule has 0 unspecified atom stereocenters. The third-order valence-electron chi connectivity index (χ3n) is 5.42. The van der Waals surface area contributed by atoms with Crippen molar-refractivity contribution < 1.29 is 9.53 Å². The highest BCUT2D eigenvalue weighted by Gasteiger charge is 2.16. The van der Waals surface area contributed by atoms with Crippen molar-refractivity contribution in [2.24, 2.45) is 7.05 Å². The fourth-order valence-corrected chi connectivity index (χ4v) is 4.57. The van der Waals surface area contributed by atoms with E-state index in [0.717, 1.165) is 11.4 Å². The van der Waals surface area contributed by atoms with E-state index in [1.165, 1.54) is 16.3 Å². The molecule has 1 amide bonds. The predicted octanol–water partition coefficient (Wildman–Crippen LogP) is 4.95. The largest absolute Gasteiger partial charge is 0.457 e. The van der Waals surface area contributed by atoms with Crippen molar-refractivity contribution in [3.05, 3.63) is 101 Å². The molecule has 2 heterocycles. The van der Waals surface area contributed by atoms with Crippen molar-refractivity contribution in [2.75, 3.05) is 11.1 Å². The van der Waals surface area contributed by atoms with Crippen LogP contribution >= 0.6 is 11.8 Å². The highest BCUT2D eigenvalue weighted by atomic mass is 32.2. The fourth-order valence-electron chi connectivity index (χ4n) is 3.76. The van der Waals surface area contributed by atoms with E-state index in [1.807, 2.05) is 49.4 Å². The lowest BCUT2D eigenvalue weighted by molar-refractivity contribution is -0.113. The van der Waals surface area contributed by atoms with Crippen LogP contribution < -0.4 is 15.6 Å². The van der Waals surface area contributed by atoms with Crippen LogP contribution in [0.5, 0.6) is 11.5 Å². The molecular weight excluding hydrogens is 474 g/mol. The molecule has 5 rings (SSSR count). The minimum atomic E-state index is -0.219. The van der Waals surface area contributed by atoms with Gasteiger partial charge in [0.05, 0.1) is 28.0 Å². The Labute approximate surface area is 211 Å². The number of rotatable bonds is 7. The van der Waals surface area contributed by atoms with Crippen molar-refractivity contribution in [2.45, 2.75) is 12.1 Å². The van der Waals surface area contributed by atoms with Crippen LogP contribution in [0.1, 0.15) is 5.69 Å². The number of nitrogens with one attached hydrogen (secondary N) is 1. The molecule has 0 aliphatic heterocycles. The number of hydrogen-bond acceptors (Lipinski definition) is 6. The topological polar surface area (TPSA) is 91.0 Å². The second kappa shape index (κ2) is 10.1. The monoisotopic (exact) mass is 497 g/mol. The van der Waals surface area contributed by atoms with Crippen LogP contribution in [0, 0.1) is 6.92 Å². The molecule has 3 aromatic carbocycles. The lowest BCUT2D eigenvalue weighted by atomic mass is 10.2. The number of anilines is 1. The Hall–Kier alpha value is -4.37. The number of thioether (sulfide) groups is 1. The Morgan fingerprint density at radius 3 is 2.39 bits per heavy atom. The van der Waals surface area contributed by atoms with Gasteiger partial charge in [-0.15, -0.1) is 0 Å². The summed E-state index contributed by atoms with van der Waals surface area (Å²) in [6, 6.07) is 25.7. The Kier molecular flexibility index (Phi) is 6.55. The normalized spacial score (nSPS) is 10.9. The van der Waals surface area contributed by atoms with Gasteiger partial charge >= 0.3 is 0 Å². The maximum Gasteiger partial charge on any atom is 0.266 e. The van der Waals surface area contributed by atoms with E-state index in [2.05, 4.69) is 10.4 Å². The molecule has 0 aliphatic carbocycles. The molecule has 0 radical (unpaired) electrons. The van der Waals surface area contributed by atoms with Crippen LogP contribution in [0.2, 0.25) is 0 Å². The third kappa shape index (κ3) is 5.01. The highest BCUT2D eigenvalue weighted by Crippen LogP contribution is 2.25. The number of carbonyl (C=O) groups is 1. The lowest BCUT2D eigenvalue weighted by Crippen LogP contribution is -2.23. The molecule has 0 aliphatic rings. The number of hydrogen-bond donors (Lipinski definition) is 1. The van der Waals surface area contributed by atoms with Gasteiger partial charge in [0.15, 0.2) is 5.16 Å². The maximum absolute atomic E-state index is 13.5. The summed E-state index contributed by atoms with van der Waals surface area (Å²) >= 11 is 1.20. The summed E-state index contributed by atoms with van der Waals surface area (Å²) in [4.78, 5) is 30.8. The van der Waals surface area contributed by atoms with E-state index in [9.17, 15) is 9.59 Å². The summed E-state index contributed by atoms with van der Waals surface area (Å²) < 4.78 is 9.02. The van der Waals surface area contributed by atoms with Crippen molar-refractivity contribution in [1.82, 2.24) is 19.3 Å². The van der Waals surface area contributed by atoms with Crippen molar-refractivity contribution >= 4 is 34.4 Å². The van der Waals surface area contributed by atoms with E-state index >= 15 is 0 Å². The number of amides is 1. The molecule has 0 atom stereocenters. The number of aryl methyl sites for hydroxylation is 2. The molecule has 0 saturated heterocycles. The van der Waals surface area contributed by atoms with Gasteiger partial charge in [-0.1, -0.05) is 42.1 Å². The maximum atomic E-state index is 13.5. The standard InChI is InChI=1S/C27H23N5O3S/c1-18-16-24(31(2)30-18)29-25(33)17-36-27-28-23-11-7-6-10-22(23)26(34)32(27)19-12-14-21(15-13-19)35-20-8-4-3-5-9-20/h3-16H,17H2,1-2H3,(H,29,33). The smallest absolute Gasteiger partial charge is 0.266 e. The van der Waals surface area contributed by atoms with Crippen molar-refractivity contribution in [1.29, 1.82) is 0 Å². The number of ether oxygens (including phenoxy) is 1. The van der Waals surface area contributed by atoms with Gasteiger partial charge in [-0.25, -0.2) is 4.98 Å². The molecule has 36 heavy (non-hydrogen) atoms. The van der Waals surface area contributed by atoms with Crippen LogP contribution in [0.25, 0.3) is 16.6 Å². The Morgan fingerprint density at radius 1 is 0.972 bits per heavy atom. The van der Waals surface area contributed by atoms with E-state index in [-0.39, 0.29) is 17.2 Å². The quantitative estimate of drug-likeness (QED) is 0.253. The minimum Gasteiger partial charge on any atom is -0.457 e. The molecule has 0 saturated carbocycles. The first-order valence-corrected chi connectivity index (χ1v) is 12.2. The summed E-state index contributed by atoms with van der Waals surface area (Å²) in [5, 5.41) is 8.02. The average Bonchev–Trinajstić information content (AvgIpc) is 3.20. The van der Waals surface area contributed by atoms with E-state index < -0.39 is 0 Å². The van der Waals surface area contributed by atoms with Crippen LogP contribution in [0.3, 0.4) is 0 Å². The lowest BCUT2D eigenvalue weighted by Gasteiger charge is -2.14. The zero-order valence-electron chi connectivity index (χ0n) is 19.7. The molecule has 8 nitrogen and oxygen atoms in total. The third-order valence-corrected chi connectivity index (χ3v) is 6.36. The first-order chi connectivity index (χ1) is 17.5. The molecular formula is C27H23N5O3S. The molecule has 2 aromatic heterocycles. The Balaban J connectivity index is 1.44. The van der Waals surface area contributed by atoms with E-state index in [0.29, 0.717) is 33.3 Å². The van der Waals surface area contributed by atoms with Crippen molar-refractivity contribution in [3.63, 3.8) is 0 Å². The van der Waals surface area contributed by atoms with Crippen LogP contribution in [0.4, 0.5) is 5.82 Å². The molecule has 0 spiro atoms. The highest BCUT2D eigenvalue weighted by molar-refractivity contribution is 7.99. The molecule has 5 aromatic rings. The van der Waals surface area contributed by atoms with Gasteiger partial charge in [-0.05, 0) is 55.5 Å². The SMILES string of the molecule is Cc1cc(NC(=O)CSc2nc3ccccc3c(=O)n2-c2ccc(Oc3ccccc3)cc2)n(C)n1. The zero-order chi connectivity index (χ0) is 25.1. The van der Waals surface area contributed by atoms with Gasteiger partial charge in [0, 0.05) is 13.1 Å². The number of carbonyl (C=O) groups excluding carboxylic acids is 1. The molecule has 9 heteroatoms. The van der Waals surface area contributed by atoms with Gasteiger partial charge in [-0.3, -0.25) is 18.8 Å². The Bertz CT molecular complexity index is 1590. The number of nitrogens with zero attached hydrogens (tertiary/aromatic N) is 4. The minimum absolute atomic E-state index is 0.0736. The van der Waals surface area contributed by atoms with Gasteiger partial charge < -0.3 is 10.1 Å².